The van der Waals surface area contributed by atoms with E-state index in [1.165, 1.54) is 16.9 Å². The first-order chi connectivity index (χ1) is 10.7. The maximum Gasteiger partial charge on any atom is 0.315 e. The maximum absolute atomic E-state index is 11.6. The molecule has 2 amide bonds. The van der Waals surface area contributed by atoms with Gasteiger partial charge in [0.1, 0.15) is 17.4 Å². The Balaban J connectivity index is 1.67. The van der Waals surface area contributed by atoms with E-state index in [2.05, 4.69) is 35.5 Å². The fourth-order valence-corrected chi connectivity index (χ4v) is 2.53. The summed E-state index contributed by atoms with van der Waals surface area (Å²) in [4.78, 5) is 15.7. The number of rotatable bonds is 7. The van der Waals surface area contributed by atoms with E-state index in [1.54, 1.807) is 6.20 Å². The average molecular weight is 319 g/mol. The second-order valence-corrected chi connectivity index (χ2v) is 6.06. The van der Waals surface area contributed by atoms with Crippen LogP contribution in [-0.4, -0.2) is 24.2 Å². The van der Waals surface area contributed by atoms with Crippen LogP contribution in [0.4, 0.5) is 4.79 Å². The van der Waals surface area contributed by atoms with Gasteiger partial charge in [-0.1, -0.05) is 32.0 Å². The Labute approximate surface area is 134 Å². The minimum absolute atomic E-state index is 0.212. The van der Waals surface area contributed by atoms with Gasteiger partial charge in [-0.15, -0.1) is 11.3 Å². The Morgan fingerprint density at radius 2 is 2.14 bits per heavy atom. The molecule has 0 spiro atoms. The second kappa shape index (κ2) is 8.38. The highest BCUT2D eigenvalue weighted by atomic mass is 32.1. The number of ether oxygens (including phenoxy) is 1. The van der Waals surface area contributed by atoms with Crippen molar-refractivity contribution in [2.45, 2.75) is 26.3 Å². The molecule has 2 N–H and O–H groups in total. The van der Waals surface area contributed by atoms with Gasteiger partial charge in [0.05, 0.1) is 13.1 Å². The summed E-state index contributed by atoms with van der Waals surface area (Å²) in [5.74, 6) is 1.29. The Bertz CT molecular complexity index is 585. The number of thiazole rings is 1. The molecule has 1 heterocycles. The van der Waals surface area contributed by atoms with E-state index in [0.29, 0.717) is 25.6 Å². The smallest absolute Gasteiger partial charge is 0.315 e. The molecule has 22 heavy (non-hydrogen) atoms. The third-order valence-corrected chi connectivity index (χ3v) is 3.85. The summed E-state index contributed by atoms with van der Waals surface area (Å²) in [6, 6.07) is 7.77. The fourth-order valence-electron chi connectivity index (χ4n) is 1.97. The first-order valence-corrected chi connectivity index (χ1v) is 8.16. The molecular weight excluding hydrogens is 298 g/mol. The number of benzene rings is 1. The van der Waals surface area contributed by atoms with Gasteiger partial charge in [0.25, 0.3) is 0 Å². The Hall–Kier alpha value is -2.08. The van der Waals surface area contributed by atoms with Crippen molar-refractivity contribution in [3.05, 3.63) is 46.4 Å². The van der Waals surface area contributed by atoms with E-state index in [1.807, 2.05) is 23.6 Å². The third-order valence-electron chi connectivity index (χ3n) is 3.07. The van der Waals surface area contributed by atoms with Crippen molar-refractivity contribution in [3.8, 4) is 5.75 Å². The highest BCUT2D eigenvalue weighted by Crippen LogP contribution is 2.25. The molecular formula is C16H21N3O2S. The first kappa shape index (κ1) is 16.3. The molecule has 2 rings (SSSR count). The largest absolute Gasteiger partial charge is 0.491 e. The summed E-state index contributed by atoms with van der Waals surface area (Å²) in [6.07, 6.45) is 1.72. The number of para-hydroxylation sites is 1. The lowest BCUT2D eigenvalue weighted by molar-refractivity contribution is 0.236. The molecule has 0 atom stereocenters. The molecule has 0 aliphatic heterocycles. The van der Waals surface area contributed by atoms with Crippen molar-refractivity contribution in [3.63, 3.8) is 0 Å². The van der Waals surface area contributed by atoms with Crippen molar-refractivity contribution >= 4 is 17.4 Å². The molecule has 0 unspecified atom stereocenters. The molecule has 1 aromatic heterocycles. The molecule has 0 fully saturated rings. The molecule has 5 nitrogen and oxygen atoms in total. The molecule has 1 aromatic carbocycles. The summed E-state index contributed by atoms with van der Waals surface area (Å²) in [7, 11) is 0. The molecule has 0 saturated heterocycles. The number of nitrogens with zero attached hydrogens (tertiary/aromatic N) is 1. The number of urea groups is 1. The minimum atomic E-state index is -0.212. The van der Waals surface area contributed by atoms with Gasteiger partial charge in [0, 0.05) is 11.6 Å². The van der Waals surface area contributed by atoms with Gasteiger partial charge in [-0.05, 0) is 17.5 Å². The van der Waals surface area contributed by atoms with Gasteiger partial charge in [-0.2, -0.15) is 0 Å². The van der Waals surface area contributed by atoms with Crippen LogP contribution in [0.5, 0.6) is 5.75 Å². The number of hydrogen-bond acceptors (Lipinski definition) is 4. The van der Waals surface area contributed by atoms with Gasteiger partial charge in [-0.3, -0.25) is 0 Å². The van der Waals surface area contributed by atoms with Crippen LogP contribution in [0.25, 0.3) is 0 Å². The summed E-state index contributed by atoms with van der Waals surface area (Å²) in [6.45, 7) is 5.60. The number of carbonyl (C=O) groups excluding carboxylic acids is 1. The van der Waals surface area contributed by atoms with Crippen molar-refractivity contribution in [2.24, 2.45) is 0 Å². The second-order valence-electron chi connectivity index (χ2n) is 5.08. The zero-order valence-corrected chi connectivity index (χ0v) is 13.7. The average Bonchev–Trinajstić information content (AvgIpc) is 3.03. The monoisotopic (exact) mass is 319 g/mol. The van der Waals surface area contributed by atoms with E-state index in [-0.39, 0.29) is 6.03 Å². The predicted molar refractivity (Wildman–Crippen MR) is 88.4 cm³/mol. The predicted octanol–water partition coefficient (Wildman–Crippen LogP) is 3.14. The zero-order valence-electron chi connectivity index (χ0n) is 12.8. The number of aromatic nitrogens is 1. The van der Waals surface area contributed by atoms with Crippen molar-refractivity contribution in [1.82, 2.24) is 15.6 Å². The Morgan fingerprint density at radius 3 is 2.86 bits per heavy atom. The van der Waals surface area contributed by atoms with Crippen LogP contribution in [-0.2, 0) is 6.54 Å². The Morgan fingerprint density at radius 1 is 1.32 bits per heavy atom. The molecule has 6 heteroatoms. The SMILES string of the molecule is CC(C)c1ccccc1OCCNC(=O)NCc1nccs1. The quantitative estimate of drug-likeness (QED) is 0.771. The summed E-state index contributed by atoms with van der Waals surface area (Å²) in [5, 5.41) is 8.29. The van der Waals surface area contributed by atoms with Gasteiger partial charge in [0.2, 0.25) is 0 Å². The van der Waals surface area contributed by atoms with Crippen LogP contribution in [0.2, 0.25) is 0 Å². The number of carbonyl (C=O) groups is 1. The van der Waals surface area contributed by atoms with Gasteiger partial charge >= 0.3 is 6.03 Å². The van der Waals surface area contributed by atoms with Gasteiger partial charge in [0.15, 0.2) is 0 Å². The molecule has 0 radical (unpaired) electrons. The standard InChI is InChI=1S/C16H21N3O2S/c1-12(2)13-5-3-4-6-14(13)21-9-7-18-16(20)19-11-15-17-8-10-22-15/h3-6,8,10,12H,7,9,11H2,1-2H3,(H2,18,19,20). The van der Waals surface area contributed by atoms with E-state index in [9.17, 15) is 4.79 Å². The summed E-state index contributed by atoms with van der Waals surface area (Å²) < 4.78 is 5.75. The first-order valence-electron chi connectivity index (χ1n) is 7.28. The van der Waals surface area contributed by atoms with Gasteiger partial charge in [-0.25, -0.2) is 9.78 Å². The van der Waals surface area contributed by atoms with Crippen LogP contribution < -0.4 is 15.4 Å². The maximum atomic E-state index is 11.6. The lowest BCUT2D eigenvalue weighted by Gasteiger charge is -2.14. The van der Waals surface area contributed by atoms with Crippen LogP contribution in [0, 0.1) is 0 Å². The minimum Gasteiger partial charge on any atom is -0.491 e. The number of hydrogen-bond donors (Lipinski definition) is 2. The van der Waals surface area contributed by atoms with E-state index in [4.69, 9.17) is 4.74 Å². The van der Waals surface area contributed by atoms with Crippen LogP contribution in [0.1, 0.15) is 30.3 Å². The lowest BCUT2D eigenvalue weighted by atomic mass is 10.0. The fraction of sp³-hybridized carbons (Fsp3) is 0.375. The normalized spacial score (nSPS) is 10.5. The molecule has 0 saturated carbocycles. The third kappa shape index (κ3) is 5.04. The van der Waals surface area contributed by atoms with Crippen LogP contribution in [0.15, 0.2) is 35.8 Å². The lowest BCUT2D eigenvalue weighted by Crippen LogP contribution is -2.37. The molecule has 0 aliphatic rings. The van der Waals surface area contributed by atoms with E-state index in [0.717, 1.165) is 10.8 Å². The summed E-state index contributed by atoms with van der Waals surface area (Å²) in [5.41, 5.74) is 1.18. The molecule has 0 aliphatic carbocycles. The summed E-state index contributed by atoms with van der Waals surface area (Å²) >= 11 is 1.52. The number of nitrogens with one attached hydrogen (secondary N) is 2. The van der Waals surface area contributed by atoms with Crippen molar-refractivity contribution in [2.75, 3.05) is 13.2 Å². The van der Waals surface area contributed by atoms with Crippen LogP contribution in [0.3, 0.4) is 0 Å². The Kier molecular flexibility index (Phi) is 6.21. The zero-order chi connectivity index (χ0) is 15.8. The number of amides is 2. The molecule has 118 valence electrons. The highest BCUT2D eigenvalue weighted by Gasteiger charge is 2.07. The van der Waals surface area contributed by atoms with Crippen molar-refractivity contribution in [1.29, 1.82) is 0 Å². The topological polar surface area (TPSA) is 63.2 Å². The van der Waals surface area contributed by atoms with Crippen molar-refractivity contribution < 1.29 is 9.53 Å². The molecule has 0 bridgehead atoms. The van der Waals surface area contributed by atoms with E-state index < -0.39 is 0 Å². The van der Waals surface area contributed by atoms with Gasteiger partial charge < -0.3 is 15.4 Å². The molecule has 2 aromatic rings. The highest BCUT2D eigenvalue weighted by molar-refractivity contribution is 7.09. The van der Waals surface area contributed by atoms with E-state index >= 15 is 0 Å². The van der Waals surface area contributed by atoms with Crippen LogP contribution >= 0.6 is 11.3 Å².